The number of nitrogens with one attached hydrogen (secondary N) is 1. The molecule has 1 aromatic heterocycles. The number of nitriles is 1. The minimum absolute atomic E-state index is 0.00117. The number of benzene rings is 1. The van der Waals surface area contributed by atoms with Crippen molar-refractivity contribution in [1.29, 1.82) is 5.26 Å². The summed E-state index contributed by atoms with van der Waals surface area (Å²) in [7, 11) is 1.74. The standard InChI is InChI=1S/C14H11ClF3N3/c1-21-8-9(4-11(21)6-19)7-20-13-3-2-10(5-12(13)15)14(16,17)18/h2-5,8,20H,7H2,1H3. The van der Waals surface area contributed by atoms with Crippen molar-refractivity contribution >= 4 is 17.3 Å². The van der Waals surface area contributed by atoms with Gasteiger partial charge in [0.2, 0.25) is 0 Å². The van der Waals surface area contributed by atoms with Crippen molar-refractivity contribution in [3.8, 4) is 6.07 Å². The maximum absolute atomic E-state index is 12.5. The lowest BCUT2D eigenvalue weighted by Gasteiger charge is -2.11. The zero-order valence-electron chi connectivity index (χ0n) is 11.0. The third kappa shape index (κ3) is 3.50. The highest BCUT2D eigenvalue weighted by Gasteiger charge is 2.30. The quantitative estimate of drug-likeness (QED) is 0.923. The first-order valence-electron chi connectivity index (χ1n) is 5.97. The lowest BCUT2D eigenvalue weighted by Crippen LogP contribution is -2.06. The number of alkyl halides is 3. The van der Waals surface area contributed by atoms with Gasteiger partial charge in [0.1, 0.15) is 11.8 Å². The molecule has 0 bridgehead atoms. The molecule has 0 saturated carbocycles. The fraction of sp³-hybridized carbons (Fsp3) is 0.214. The molecule has 2 rings (SSSR count). The Morgan fingerprint density at radius 2 is 2.05 bits per heavy atom. The van der Waals surface area contributed by atoms with Crippen molar-refractivity contribution in [3.05, 3.63) is 52.3 Å². The van der Waals surface area contributed by atoms with E-state index in [1.807, 2.05) is 6.07 Å². The summed E-state index contributed by atoms with van der Waals surface area (Å²) in [6.45, 7) is 0.362. The highest BCUT2D eigenvalue weighted by atomic mass is 35.5. The van der Waals surface area contributed by atoms with Gasteiger partial charge in [0.15, 0.2) is 0 Å². The monoisotopic (exact) mass is 313 g/mol. The molecule has 7 heteroatoms. The van der Waals surface area contributed by atoms with E-state index in [9.17, 15) is 13.2 Å². The van der Waals surface area contributed by atoms with E-state index < -0.39 is 11.7 Å². The van der Waals surface area contributed by atoms with E-state index in [1.165, 1.54) is 6.07 Å². The number of hydrogen-bond donors (Lipinski definition) is 1. The minimum atomic E-state index is -4.41. The molecule has 0 aliphatic carbocycles. The molecule has 1 N–H and O–H groups in total. The second kappa shape index (κ2) is 5.70. The van der Waals surface area contributed by atoms with Gasteiger partial charge in [-0.05, 0) is 29.8 Å². The zero-order valence-corrected chi connectivity index (χ0v) is 11.8. The van der Waals surface area contributed by atoms with Crippen LogP contribution in [0.1, 0.15) is 16.8 Å². The summed E-state index contributed by atoms with van der Waals surface area (Å²) in [5, 5.41) is 11.8. The van der Waals surface area contributed by atoms with Gasteiger partial charge in [-0.2, -0.15) is 18.4 Å². The number of anilines is 1. The van der Waals surface area contributed by atoms with Crippen LogP contribution in [0.25, 0.3) is 0 Å². The summed E-state index contributed by atoms with van der Waals surface area (Å²) in [6, 6.07) is 6.88. The molecule has 0 atom stereocenters. The molecule has 0 fully saturated rings. The van der Waals surface area contributed by atoms with Crippen molar-refractivity contribution in [3.63, 3.8) is 0 Å². The van der Waals surface area contributed by atoms with E-state index in [-0.39, 0.29) is 5.02 Å². The Morgan fingerprint density at radius 3 is 2.57 bits per heavy atom. The molecule has 21 heavy (non-hydrogen) atoms. The highest BCUT2D eigenvalue weighted by Crippen LogP contribution is 2.33. The van der Waals surface area contributed by atoms with E-state index in [0.29, 0.717) is 17.9 Å². The lowest BCUT2D eigenvalue weighted by molar-refractivity contribution is -0.137. The topological polar surface area (TPSA) is 40.8 Å². The largest absolute Gasteiger partial charge is 0.416 e. The number of nitrogens with zero attached hydrogens (tertiary/aromatic N) is 2. The molecule has 0 amide bonds. The smallest absolute Gasteiger partial charge is 0.380 e. The molecule has 3 nitrogen and oxygen atoms in total. The van der Waals surface area contributed by atoms with Crippen LogP contribution in [0, 0.1) is 11.3 Å². The summed E-state index contributed by atoms with van der Waals surface area (Å²) < 4.78 is 39.2. The third-order valence-corrected chi connectivity index (χ3v) is 3.27. The predicted octanol–water partition coefficient (Wildman–Crippen LogP) is 4.18. The molecule has 0 spiro atoms. The molecule has 0 saturated heterocycles. The van der Waals surface area contributed by atoms with Gasteiger partial charge >= 0.3 is 6.18 Å². The number of aromatic nitrogens is 1. The molecule has 1 heterocycles. The van der Waals surface area contributed by atoms with Crippen LogP contribution in [0.15, 0.2) is 30.5 Å². The van der Waals surface area contributed by atoms with E-state index in [4.69, 9.17) is 16.9 Å². The van der Waals surface area contributed by atoms with Crippen LogP contribution in [0.4, 0.5) is 18.9 Å². The van der Waals surface area contributed by atoms with Gasteiger partial charge in [-0.25, -0.2) is 0 Å². The van der Waals surface area contributed by atoms with Crippen molar-refractivity contribution in [2.75, 3.05) is 5.32 Å². The number of halogens is 4. The molecule has 0 aliphatic heterocycles. The summed E-state index contributed by atoms with van der Waals surface area (Å²) in [5.41, 5.74) is 0.965. The molecule has 2 aromatic rings. The first kappa shape index (κ1) is 15.3. The zero-order chi connectivity index (χ0) is 15.6. The molecular formula is C14H11ClF3N3. The fourth-order valence-corrected chi connectivity index (χ4v) is 2.12. The van der Waals surface area contributed by atoms with Crippen LogP contribution in [-0.4, -0.2) is 4.57 Å². The van der Waals surface area contributed by atoms with Crippen LogP contribution in [-0.2, 0) is 19.8 Å². The van der Waals surface area contributed by atoms with Crippen molar-refractivity contribution in [2.24, 2.45) is 7.05 Å². The van der Waals surface area contributed by atoms with Crippen molar-refractivity contribution in [1.82, 2.24) is 4.57 Å². The molecule has 0 unspecified atom stereocenters. The summed E-state index contributed by atoms with van der Waals surface area (Å²) in [4.78, 5) is 0. The SMILES string of the molecule is Cn1cc(CNc2ccc(C(F)(F)F)cc2Cl)cc1C#N. The summed E-state index contributed by atoms with van der Waals surface area (Å²) >= 11 is 5.85. The average molecular weight is 314 g/mol. The van der Waals surface area contributed by atoms with E-state index in [1.54, 1.807) is 23.9 Å². The number of rotatable bonds is 3. The Morgan fingerprint density at radius 1 is 1.33 bits per heavy atom. The first-order chi connectivity index (χ1) is 9.81. The molecule has 110 valence electrons. The van der Waals surface area contributed by atoms with Crippen LogP contribution >= 0.6 is 11.6 Å². The van der Waals surface area contributed by atoms with E-state index >= 15 is 0 Å². The maximum atomic E-state index is 12.5. The normalized spacial score (nSPS) is 11.2. The van der Waals surface area contributed by atoms with Crippen molar-refractivity contribution < 1.29 is 13.2 Å². The summed E-state index contributed by atoms with van der Waals surface area (Å²) in [5.74, 6) is 0. The molecule has 0 aliphatic rings. The number of hydrogen-bond acceptors (Lipinski definition) is 2. The fourth-order valence-electron chi connectivity index (χ4n) is 1.87. The minimum Gasteiger partial charge on any atom is -0.380 e. The Kier molecular flexibility index (Phi) is 4.14. The molecular weight excluding hydrogens is 303 g/mol. The molecule has 1 aromatic carbocycles. The van der Waals surface area contributed by atoms with Crippen LogP contribution < -0.4 is 5.32 Å². The van der Waals surface area contributed by atoms with Gasteiger partial charge in [-0.3, -0.25) is 0 Å². The predicted molar refractivity (Wildman–Crippen MR) is 73.9 cm³/mol. The molecule has 0 radical (unpaired) electrons. The summed E-state index contributed by atoms with van der Waals surface area (Å²) in [6.07, 6.45) is -2.65. The van der Waals surface area contributed by atoms with Gasteiger partial charge in [-0.15, -0.1) is 0 Å². The van der Waals surface area contributed by atoms with E-state index in [2.05, 4.69) is 5.32 Å². The van der Waals surface area contributed by atoms with Gasteiger partial charge < -0.3 is 9.88 Å². The maximum Gasteiger partial charge on any atom is 0.416 e. The Bertz CT molecular complexity index is 698. The van der Waals surface area contributed by atoms with Crippen LogP contribution in [0.5, 0.6) is 0 Å². The second-order valence-corrected chi connectivity index (χ2v) is 4.91. The van der Waals surface area contributed by atoms with E-state index in [0.717, 1.165) is 17.7 Å². The van der Waals surface area contributed by atoms with Crippen LogP contribution in [0.2, 0.25) is 5.02 Å². The van der Waals surface area contributed by atoms with Crippen LogP contribution in [0.3, 0.4) is 0 Å². The van der Waals surface area contributed by atoms with Gasteiger partial charge in [0.05, 0.1) is 16.3 Å². The third-order valence-electron chi connectivity index (χ3n) is 2.96. The van der Waals surface area contributed by atoms with Crippen molar-refractivity contribution in [2.45, 2.75) is 12.7 Å². The second-order valence-electron chi connectivity index (χ2n) is 4.50. The first-order valence-corrected chi connectivity index (χ1v) is 6.35. The average Bonchev–Trinajstić information content (AvgIpc) is 2.76. The Balaban J connectivity index is 2.12. The number of aryl methyl sites for hydroxylation is 1. The van der Waals surface area contributed by atoms with Gasteiger partial charge in [-0.1, -0.05) is 11.6 Å². The Hall–Kier alpha value is -2.13. The van der Waals surface area contributed by atoms with Gasteiger partial charge in [0, 0.05) is 19.8 Å². The lowest BCUT2D eigenvalue weighted by atomic mass is 10.2. The van der Waals surface area contributed by atoms with Gasteiger partial charge in [0.25, 0.3) is 0 Å². The highest BCUT2D eigenvalue weighted by molar-refractivity contribution is 6.33. The Labute approximate surface area is 124 Å².